The number of hydrogen-bond donors (Lipinski definition) is 1. The van der Waals surface area contributed by atoms with Crippen molar-refractivity contribution in [1.82, 2.24) is 5.32 Å². The largest absolute Gasteiger partial charge is 0.496 e. The van der Waals surface area contributed by atoms with Crippen LogP contribution in [0.1, 0.15) is 30.5 Å². The molecule has 0 aromatic heterocycles. The summed E-state index contributed by atoms with van der Waals surface area (Å²) in [6.45, 7) is 1.93. The summed E-state index contributed by atoms with van der Waals surface area (Å²) in [6.07, 6.45) is 0.825. The Morgan fingerprint density at radius 3 is 2.43 bits per heavy atom. The van der Waals surface area contributed by atoms with E-state index in [1.165, 1.54) is 0 Å². The van der Waals surface area contributed by atoms with Crippen LogP contribution in [0.5, 0.6) is 5.75 Å². The molecule has 0 saturated heterocycles. The van der Waals surface area contributed by atoms with Crippen LogP contribution >= 0.6 is 23.2 Å². The van der Waals surface area contributed by atoms with E-state index in [0.29, 0.717) is 22.9 Å². The molecule has 1 atom stereocenters. The molecule has 2 aromatic carbocycles. The number of benzene rings is 2. The smallest absolute Gasteiger partial charge is 0.220 e. The first-order valence-corrected chi connectivity index (χ1v) is 8.13. The summed E-state index contributed by atoms with van der Waals surface area (Å²) in [4.78, 5) is 12.2. The van der Waals surface area contributed by atoms with E-state index in [0.717, 1.165) is 16.9 Å². The molecule has 0 aliphatic rings. The maximum Gasteiger partial charge on any atom is 0.220 e. The number of nitrogens with one attached hydrogen (secondary N) is 1. The zero-order valence-electron chi connectivity index (χ0n) is 13.1. The quantitative estimate of drug-likeness (QED) is 0.810. The second-order valence-electron chi connectivity index (χ2n) is 5.23. The molecule has 0 saturated carbocycles. The molecule has 122 valence electrons. The van der Waals surface area contributed by atoms with Crippen LogP contribution in [0.25, 0.3) is 0 Å². The Morgan fingerprint density at radius 1 is 1.13 bits per heavy atom. The van der Waals surface area contributed by atoms with Crippen molar-refractivity contribution in [3.8, 4) is 5.75 Å². The molecule has 0 radical (unpaired) electrons. The van der Waals surface area contributed by atoms with Crippen LogP contribution in [-0.4, -0.2) is 13.0 Å². The lowest BCUT2D eigenvalue weighted by Crippen LogP contribution is -2.27. The molecule has 5 heteroatoms. The van der Waals surface area contributed by atoms with E-state index in [2.05, 4.69) is 5.32 Å². The highest BCUT2D eigenvalue weighted by molar-refractivity contribution is 6.36. The van der Waals surface area contributed by atoms with E-state index in [9.17, 15) is 4.79 Å². The molecule has 1 unspecified atom stereocenters. The Kier molecular flexibility index (Phi) is 6.31. The summed E-state index contributed by atoms with van der Waals surface area (Å²) < 4.78 is 5.32. The lowest BCUT2D eigenvalue weighted by atomic mass is 10.1. The number of methoxy groups -OCH3 is 1. The van der Waals surface area contributed by atoms with Crippen molar-refractivity contribution in [2.75, 3.05) is 7.11 Å². The molecule has 0 heterocycles. The Bertz CT molecular complexity index is 668. The average molecular weight is 352 g/mol. The first-order chi connectivity index (χ1) is 11.0. The SMILES string of the molecule is COc1ccccc1C(C)NC(=O)CCc1c(Cl)cccc1Cl. The van der Waals surface area contributed by atoms with Crippen LogP contribution in [0.2, 0.25) is 10.0 Å². The third-order valence-corrected chi connectivity index (χ3v) is 4.35. The fraction of sp³-hybridized carbons (Fsp3) is 0.278. The van der Waals surface area contributed by atoms with Gasteiger partial charge in [-0.2, -0.15) is 0 Å². The summed E-state index contributed by atoms with van der Waals surface area (Å²) in [7, 11) is 1.62. The van der Waals surface area contributed by atoms with Crippen LogP contribution in [0.3, 0.4) is 0 Å². The minimum atomic E-state index is -0.139. The molecule has 2 rings (SSSR count). The van der Waals surface area contributed by atoms with Crippen LogP contribution in [-0.2, 0) is 11.2 Å². The number of carbonyl (C=O) groups excluding carboxylic acids is 1. The lowest BCUT2D eigenvalue weighted by molar-refractivity contribution is -0.121. The van der Waals surface area contributed by atoms with E-state index >= 15 is 0 Å². The highest BCUT2D eigenvalue weighted by Crippen LogP contribution is 2.26. The molecule has 1 amide bonds. The molecule has 0 aliphatic heterocycles. The van der Waals surface area contributed by atoms with E-state index in [1.807, 2.05) is 31.2 Å². The number of halogens is 2. The molecule has 0 bridgehead atoms. The van der Waals surface area contributed by atoms with Gasteiger partial charge < -0.3 is 10.1 Å². The van der Waals surface area contributed by atoms with Crippen molar-refractivity contribution in [2.24, 2.45) is 0 Å². The Hall–Kier alpha value is -1.71. The predicted octanol–water partition coefficient (Wildman–Crippen LogP) is 4.81. The standard InChI is InChI=1S/C18H19Cl2NO2/c1-12(13-6-3-4-9-17(13)23-2)21-18(22)11-10-14-15(19)7-5-8-16(14)20/h3-9,12H,10-11H2,1-2H3,(H,21,22). The van der Waals surface area contributed by atoms with Gasteiger partial charge in [-0.05, 0) is 37.1 Å². The fourth-order valence-corrected chi connectivity index (χ4v) is 3.01. The minimum Gasteiger partial charge on any atom is -0.496 e. The first kappa shape index (κ1) is 17.6. The normalized spacial score (nSPS) is 11.8. The van der Waals surface area contributed by atoms with Gasteiger partial charge in [-0.1, -0.05) is 47.5 Å². The Labute approximate surface area is 146 Å². The van der Waals surface area contributed by atoms with Crippen LogP contribution in [0.4, 0.5) is 0 Å². The van der Waals surface area contributed by atoms with Gasteiger partial charge in [-0.3, -0.25) is 4.79 Å². The lowest BCUT2D eigenvalue weighted by Gasteiger charge is -2.17. The van der Waals surface area contributed by atoms with Gasteiger partial charge in [0.1, 0.15) is 5.75 Å². The van der Waals surface area contributed by atoms with Gasteiger partial charge in [0.05, 0.1) is 13.2 Å². The van der Waals surface area contributed by atoms with Crippen molar-refractivity contribution >= 4 is 29.1 Å². The summed E-state index contributed by atoms with van der Waals surface area (Å²) in [5, 5.41) is 4.15. The topological polar surface area (TPSA) is 38.3 Å². The molecule has 2 aromatic rings. The van der Waals surface area contributed by atoms with Crippen molar-refractivity contribution in [3.05, 3.63) is 63.6 Å². The van der Waals surface area contributed by atoms with E-state index in [-0.39, 0.29) is 11.9 Å². The maximum absolute atomic E-state index is 12.2. The number of carbonyl (C=O) groups is 1. The molecule has 23 heavy (non-hydrogen) atoms. The van der Waals surface area contributed by atoms with Gasteiger partial charge in [0.2, 0.25) is 5.91 Å². The molecule has 3 nitrogen and oxygen atoms in total. The molecular weight excluding hydrogens is 333 g/mol. The number of ether oxygens (including phenoxy) is 1. The highest BCUT2D eigenvalue weighted by Gasteiger charge is 2.14. The monoisotopic (exact) mass is 351 g/mol. The predicted molar refractivity (Wildman–Crippen MR) is 94.3 cm³/mol. The zero-order chi connectivity index (χ0) is 16.8. The van der Waals surface area contributed by atoms with Gasteiger partial charge in [0.15, 0.2) is 0 Å². The molecule has 0 fully saturated rings. The van der Waals surface area contributed by atoms with Crippen molar-refractivity contribution in [3.63, 3.8) is 0 Å². The van der Waals surface area contributed by atoms with Crippen LogP contribution in [0.15, 0.2) is 42.5 Å². The first-order valence-electron chi connectivity index (χ1n) is 7.38. The van der Waals surface area contributed by atoms with Crippen LogP contribution < -0.4 is 10.1 Å². The molecular formula is C18H19Cl2NO2. The Balaban J connectivity index is 1.97. The molecule has 0 spiro atoms. The van der Waals surface area contributed by atoms with Gasteiger partial charge in [-0.25, -0.2) is 0 Å². The van der Waals surface area contributed by atoms with Gasteiger partial charge in [0, 0.05) is 22.0 Å². The number of para-hydroxylation sites is 1. The van der Waals surface area contributed by atoms with Crippen molar-refractivity contribution < 1.29 is 9.53 Å². The zero-order valence-corrected chi connectivity index (χ0v) is 14.6. The van der Waals surface area contributed by atoms with Gasteiger partial charge >= 0.3 is 0 Å². The molecule has 1 N–H and O–H groups in total. The summed E-state index contributed by atoms with van der Waals surface area (Å²) in [5.41, 5.74) is 1.75. The average Bonchev–Trinajstić information content (AvgIpc) is 2.54. The summed E-state index contributed by atoms with van der Waals surface area (Å²) >= 11 is 12.2. The van der Waals surface area contributed by atoms with Gasteiger partial charge in [-0.15, -0.1) is 0 Å². The third kappa shape index (κ3) is 4.63. The van der Waals surface area contributed by atoms with Crippen LogP contribution in [0, 0.1) is 0 Å². The summed E-state index contributed by atoms with van der Waals surface area (Å²) in [6, 6.07) is 12.8. The Morgan fingerprint density at radius 2 is 1.78 bits per heavy atom. The van der Waals surface area contributed by atoms with Gasteiger partial charge in [0.25, 0.3) is 0 Å². The minimum absolute atomic E-state index is 0.0561. The van der Waals surface area contributed by atoms with E-state index in [1.54, 1.807) is 25.3 Å². The van der Waals surface area contributed by atoms with Crippen molar-refractivity contribution in [1.29, 1.82) is 0 Å². The second kappa shape index (κ2) is 8.23. The van der Waals surface area contributed by atoms with Crippen molar-refractivity contribution in [2.45, 2.75) is 25.8 Å². The van der Waals surface area contributed by atoms with E-state index < -0.39 is 0 Å². The summed E-state index contributed by atoms with van der Waals surface area (Å²) in [5.74, 6) is 0.703. The fourth-order valence-electron chi connectivity index (χ4n) is 2.43. The maximum atomic E-state index is 12.2. The van der Waals surface area contributed by atoms with E-state index in [4.69, 9.17) is 27.9 Å². The highest BCUT2D eigenvalue weighted by atomic mass is 35.5. The number of amides is 1. The molecule has 0 aliphatic carbocycles. The number of rotatable bonds is 6. The third-order valence-electron chi connectivity index (χ3n) is 3.65. The second-order valence-corrected chi connectivity index (χ2v) is 6.05. The number of hydrogen-bond acceptors (Lipinski definition) is 2.